The highest BCUT2D eigenvalue weighted by Crippen LogP contribution is 2.17. The minimum atomic E-state index is -0.256. The molecule has 0 saturated carbocycles. The lowest BCUT2D eigenvalue weighted by molar-refractivity contribution is -0.130. The van der Waals surface area contributed by atoms with Gasteiger partial charge in [0.2, 0.25) is 0 Å². The summed E-state index contributed by atoms with van der Waals surface area (Å²) in [5.41, 5.74) is 0.619. The molecule has 0 unspecified atom stereocenters. The predicted octanol–water partition coefficient (Wildman–Crippen LogP) is 1.69. The van der Waals surface area contributed by atoms with E-state index >= 15 is 0 Å². The first kappa shape index (κ1) is 15.8. The number of likely N-dealkylation sites (N-methyl/N-ethyl adjacent to an activating group) is 1. The largest absolute Gasteiger partial charge is 0.484 e. The van der Waals surface area contributed by atoms with Gasteiger partial charge in [-0.25, -0.2) is 4.79 Å². The monoisotopic (exact) mass is 279 g/mol. The quantitative estimate of drug-likeness (QED) is 0.832. The second kappa shape index (κ2) is 8.04. The molecule has 1 rings (SSSR count). The molecule has 20 heavy (non-hydrogen) atoms. The molecule has 0 aliphatic heterocycles. The van der Waals surface area contributed by atoms with Crippen LogP contribution in [0.25, 0.3) is 0 Å². The van der Waals surface area contributed by atoms with Crippen molar-refractivity contribution in [3.05, 3.63) is 24.3 Å². The Kier molecular flexibility index (Phi) is 6.36. The number of benzene rings is 1. The number of anilines is 1. The van der Waals surface area contributed by atoms with Gasteiger partial charge in [-0.15, -0.1) is 0 Å². The topological polar surface area (TPSA) is 70.7 Å². The van der Waals surface area contributed by atoms with Crippen LogP contribution >= 0.6 is 0 Å². The van der Waals surface area contributed by atoms with Crippen molar-refractivity contribution in [3.8, 4) is 5.75 Å². The number of rotatable bonds is 6. The van der Waals surface area contributed by atoms with Crippen molar-refractivity contribution >= 4 is 17.6 Å². The molecule has 0 bridgehead atoms. The average molecular weight is 279 g/mol. The number of hydrogen-bond acceptors (Lipinski definition) is 3. The lowest BCUT2D eigenvalue weighted by atomic mass is 10.3. The van der Waals surface area contributed by atoms with E-state index in [4.69, 9.17) is 4.74 Å². The fraction of sp³-hybridized carbons (Fsp3) is 0.429. The molecule has 0 radical (unpaired) electrons. The third-order valence-electron chi connectivity index (χ3n) is 2.49. The highest BCUT2D eigenvalue weighted by atomic mass is 16.5. The van der Waals surface area contributed by atoms with Crippen molar-refractivity contribution in [2.45, 2.75) is 13.3 Å². The van der Waals surface area contributed by atoms with Crippen LogP contribution in [0.5, 0.6) is 5.75 Å². The fourth-order valence-electron chi connectivity index (χ4n) is 1.35. The van der Waals surface area contributed by atoms with Gasteiger partial charge in [-0.1, -0.05) is 13.0 Å². The molecular weight excluding hydrogens is 258 g/mol. The van der Waals surface area contributed by atoms with Gasteiger partial charge in [0.25, 0.3) is 5.91 Å². The first-order valence-corrected chi connectivity index (χ1v) is 6.50. The van der Waals surface area contributed by atoms with E-state index in [0.717, 1.165) is 6.42 Å². The van der Waals surface area contributed by atoms with Crippen LogP contribution in [0.15, 0.2) is 24.3 Å². The van der Waals surface area contributed by atoms with Gasteiger partial charge < -0.3 is 20.3 Å². The van der Waals surface area contributed by atoms with Crippen LogP contribution in [0.4, 0.5) is 10.5 Å². The molecule has 0 aliphatic rings. The van der Waals surface area contributed by atoms with Crippen LogP contribution in [-0.2, 0) is 4.79 Å². The highest BCUT2D eigenvalue weighted by molar-refractivity contribution is 5.89. The average Bonchev–Trinajstić information content (AvgIpc) is 2.42. The number of amides is 3. The molecule has 2 N–H and O–H groups in total. The second-order valence-electron chi connectivity index (χ2n) is 4.49. The number of nitrogens with one attached hydrogen (secondary N) is 2. The van der Waals surface area contributed by atoms with Crippen molar-refractivity contribution in [3.63, 3.8) is 0 Å². The van der Waals surface area contributed by atoms with Gasteiger partial charge in [0.05, 0.1) is 0 Å². The summed E-state index contributed by atoms with van der Waals surface area (Å²) < 4.78 is 5.37. The van der Waals surface area contributed by atoms with Gasteiger partial charge in [0, 0.05) is 32.4 Å². The van der Waals surface area contributed by atoms with E-state index in [1.165, 1.54) is 4.90 Å². The Labute approximate surface area is 119 Å². The summed E-state index contributed by atoms with van der Waals surface area (Å²) in [6, 6.07) is 6.66. The third kappa shape index (κ3) is 5.60. The molecule has 6 heteroatoms. The maximum atomic E-state index is 11.5. The number of carbonyl (C=O) groups excluding carboxylic acids is 2. The van der Waals surface area contributed by atoms with Crippen LogP contribution in [0, 0.1) is 0 Å². The molecular formula is C14H21N3O3. The van der Waals surface area contributed by atoms with E-state index < -0.39 is 0 Å². The normalized spacial score (nSPS) is 9.75. The van der Waals surface area contributed by atoms with Crippen molar-refractivity contribution in [2.24, 2.45) is 0 Å². The minimum absolute atomic E-state index is 0.0293. The summed E-state index contributed by atoms with van der Waals surface area (Å²) in [6.45, 7) is 2.58. The lowest BCUT2D eigenvalue weighted by Crippen LogP contribution is -2.29. The maximum absolute atomic E-state index is 11.5. The first-order chi connectivity index (χ1) is 9.52. The summed E-state index contributed by atoms with van der Waals surface area (Å²) in [5.74, 6) is 0.414. The summed E-state index contributed by atoms with van der Waals surface area (Å²) >= 11 is 0. The van der Waals surface area contributed by atoms with Crippen LogP contribution in [-0.4, -0.2) is 44.1 Å². The molecule has 0 saturated heterocycles. The van der Waals surface area contributed by atoms with Crippen LogP contribution < -0.4 is 15.4 Å². The van der Waals surface area contributed by atoms with Gasteiger partial charge >= 0.3 is 6.03 Å². The van der Waals surface area contributed by atoms with E-state index in [0.29, 0.717) is 18.0 Å². The van der Waals surface area contributed by atoms with Crippen molar-refractivity contribution in [1.82, 2.24) is 10.2 Å². The minimum Gasteiger partial charge on any atom is -0.484 e. The third-order valence-corrected chi connectivity index (χ3v) is 2.49. The summed E-state index contributed by atoms with van der Waals surface area (Å²) in [7, 11) is 3.34. The molecule has 6 nitrogen and oxygen atoms in total. The van der Waals surface area contributed by atoms with Gasteiger partial charge in [-0.2, -0.15) is 0 Å². The molecule has 0 atom stereocenters. The molecule has 3 amide bonds. The van der Waals surface area contributed by atoms with Crippen LogP contribution in [0.3, 0.4) is 0 Å². The van der Waals surface area contributed by atoms with E-state index in [1.54, 1.807) is 38.4 Å². The van der Waals surface area contributed by atoms with Crippen molar-refractivity contribution < 1.29 is 14.3 Å². The molecule has 0 aromatic heterocycles. The van der Waals surface area contributed by atoms with E-state index in [1.807, 2.05) is 6.92 Å². The zero-order chi connectivity index (χ0) is 15.0. The van der Waals surface area contributed by atoms with E-state index in [9.17, 15) is 9.59 Å². The van der Waals surface area contributed by atoms with Gasteiger partial charge in [0.15, 0.2) is 6.61 Å². The smallest absolute Gasteiger partial charge is 0.319 e. The standard InChI is InChI=1S/C14H21N3O3/c1-4-8-15-14(19)16-11-6-5-7-12(9-11)20-10-13(18)17(2)3/h5-7,9H,4,8,10H2,1-3H3,(H2,15,16,19). The Hall–Kier alpha value is -2.24. The number of ether oxygens (including phenoxy) is 1. The van der Waals surface area contributed by atoms with E-state index in [-0.39, 0.29) is 18.5 Å². The Balaban J connectivity index is 2.53. The molecule has 1 aromatic carbocycles. The van der Waals surface area contributed by atoms with Gasteiger partial charge in [-0.05, 0) is 18.6 Å². The molecule has 0 spiro atoms. The van der Waals surface area contributed by atoms with E-state index in [2.05, 4.69) is 10.6 Å². The summed E-state index contributed by atoms with van der Waals surface area (Å²) in [4.78, 5) is 24.4. The molecule has 0 fully saturated rings. The lowest BCUT2D eigenvalue weighted by Gasteiger charge is -2.12. The number of carbonyl (C=O) groups is 2. The maximum Gasteiger partial charge on any atom is 0.319 e. The SMILES string of the molecule is CCCNC(=O)Nc1cccc(OCC(=O)N(C)C)c1. The van der Waals surface area contributed by atoms with Crippen molar-refractivity contribution in [1.29, 1.82) is 0 Å². The zero-order valence-corrected chi connectivity index (χ0v) is 12.1. The first-order valence-electron chi connectivity index (χ1n) is 6.50. The fourth-order valence-corrected chi connectivity index (χ4v) is 1.35. The number of hydrogen-bond donors (Lipinski definition) is 2. The molecule has 0 heterocycles. The zero-order valence-electron chi connectivity index (χ0n) is 12.1. The Bertz CT molecular complexity index is 461. The molecule has 110 valence electrons. The molecule has 0 aliphatic carbocycles. The summed E-state index contributed by atoms with van der Waals surface area (Å²) in [6.07, 6.45) is 0.878. The second-order valence-corrected chi connectivity index (χ2v) is 4.49. The van der Waals surface area contributed by atoms with Gasteiger partial charge in [-0.3, -0.25) is 4.79 Å². The number of nitrogens with zero attached hydrogens (tertiary/aromatic N) is 1. The molecule has 1 aromatic rings. The Morgan fingerprint density at radius 3 is 2.70 bits per heavy atom. The van der Waals surface area contributed by atoms with Crippen LogP contribution in [0.1, 0.15) is 13.3 Å². The van der Waals surface area contributed by atoms with Gasteiger partial charge in [0.1, 0.15) is 5.75 Å². The Morgan fingerprint density at radius 1 is 1.30 bits per heavy atom. The van der Waals surface area contributed by atoms with Crippen molar-refractivity contribution in [2.75, 3.05) is 32.6 Å². The Morgan fingerprint density at radius 2 is 2.05 bits per heavy atom. The van der Waals surface area contributed by atoms with Crippen LogP contribution in [0.2, 0.25) is 0 Å². The number of urea groups is 1. The highest BCUT2D eigenvalue weighted by Gasteiger charge is 2.06. The predicted molar refractivity (Wildman–Crippen MR) is 77.9 cm³/mol. The summed E-state index contributed by atoms with van der Waals surface area (Å²) in [5, 5.41) is 5.42.